The molecule has 0 radical (unpaired) electrons. The Labute approximate surface area is 86.7 Å². The fraction of sp³-hybridized carbons (Fsp3) is 0.333. The molecule has 1 aliphatic carbocycles. The molecule has 2 N–H and O–H groups in total. The molecule has 5 heteroatoms. The first-order chi connectivity index (χ1) is 6.75. The van der Waals surface area contributed by atoms with Gasteiger partial charge in [0.25, 0.3) is 0 Å². The van der Waals surface area contributed by atoms with Crippen LogP contribution in [0.3, 0.4) is 0 Å². The van der Waals surface area contributed by atoms with Crippen molar-refractivity contribution in [2.75, 3.05) is 5.32 Å². The number of pyridine rings is 1. The maximum Gasteiger partial charge on any atom is 0.319 e. The number of nitrogens with zero attached hydrogens (tertiary/aromatic N) is 1. The minimum Gasteiger partial charge on any atom is -0.335 e. The van der Waals surface area contributed by atoms with Crippen LogP contribution in [-0.4, -0.2) is 17.1 Å². The number of hydrogen-bond acceptors (Lipinski definition) is 2. The quantitative estimate of drug-likeness (QED) is 0.736. The number of carbonyl (C=O) groups is 1. The van der Waals surface area contributed by atoms with Gasteiger partial charge in [-0.15, -0.1) is 0 Å². The van der Waals surface area contributed by atoms with Gasteiger partial charge in [-0.1, -0.05) is 11.6 Å². The first-order valence-electron chi connectivity index (χ1n) is 4.44. The van der Waals surface area contributed by atoms with Gasteiger partial charge >= 0.3 is 6.03 Å². The van der Waals surface area contributed by atoms with Gasteiger partial charge in [0.15, 0.2) is 5.15 Å². The summed E-state index contributed by atoms with van der Waals surface area (Å²) in [5, 5.41) is 5.73. The molecule has 0 saturated heterocycles. The van der Waals surface area contributed by atoms with Gasteiger partial charge in [-0.3, -0.25) is 0 Å². The van der Waals surface area contributed by atoms with Gasteiger partial charge < -0.3 is 10.6 Å². The van der Waals surface area contributed by atoms with Crippen molar-refractivity contribution in [2.24, 2.45) is 0 Å². The number of aromatic nitrogens is 1. The fourth-order valence-corrected chi connectivity index (χ4v) is 1.22. The van der Waals surface area contributed by atoms with Gasteiger partial charge in [-0.2, -0.15) is 0 Å². The molecule has 0 atom stereocenters. The second kappa shape index (κ2) is 3.84. The normalized spacial score (nSPS) is 14.9. The van der Waals surface area contributed by atoms with Crippen LogP contribution >= 0.6 is 11.6 Å². The third-order valence-electron chi connectivity index (χ3n) is 1.92. The lowest BCUT2D eigenvalue weighted by Gasteiger charge is -2.06. The summed E-state index contributed by atoms with van der Waals surface area (Å²) in [4.78, 5) is 15.2. The highest BCUT2D eigenvalue weighted by atomic mass is 35.5. The average Bonchev–Trinajstić information content (AvgIpc) is 2.93. The molecule has 4 nitrogen and oxygen atoms in total. The van der Waals surface area contributed by atoms with E-state index in [2.05, 4.69) is 15.6 Å². The number of anilines is 1. The Bertz CT molecular complexity index is 352. The summed E-state index contributed by atoms with van der Waals surface area (Å²) in [5.74, 6) is 0. The number of hydrogen-bond donors (Lipinski definition) is 2. The van der Waals surface area contributed by atoms with Crippen LogP contribution in [0.1, 0.15) is 12.8 Å². The largest absolute Gasteiger partial charge is 0.335 e. The fourth-order valence-electron chi connectivity index (χ4n) is 1.05. The summed E-state index contributed by atoms with van der Waals surface area (Å²) in [5.41, 5.74) is 0.535. The van der Waals surface area contributed by atoms with Gasteiger partial charge in [-0.25, -0.2) is 9.78 Å². The van der Waals surface area contributed by atoms with Crippen molar-refractivity contribution in [1.29, 1.82) is 0 Å². The second-order valence-corrected chi connectivity index (χ2v) is 3.57. The van der Waals surface area contributed by atoms with E-state index in [1.54, 1.807) is 18.3 Å². The van der Waals surface area contributed by atoms with Crippen LogP contribution in [0.25, 0.3) is 0 Å². The number of nitrogens with one attached hydrogen (secondary N) is 2. The zero-order valence-corrected chi connectivity index (χ0v) is 8.21. The molecule has 0 aromatic carbocycles. The van der Waals surface area contributed by atoms with E-state index in [1.165, 1.54) is 0 Å². The molecule has 0 unspecified atom stereocenters. The Kier molecular flexibility index (Phi) is 2.54. The molecular formula is C9H10ClN3O. The van der Waals surface area contributed by atoms with Crippen molar-refractivity contribution in [1.82, 2.24) is 10.3 Å². The molecule has 2 rings (SSSR count). The van der Waals surface area contributed by atoms with E-state index >= 15 is 0 Å². The first kappa shape index (κ1) is 9.27. The molecule has 0 bridgehead atoms. The molecule has 2 amide bonds. The topological polar surface area (TPSA) is 54.0 Å². The summed E-state index contributed by atoms with van der Waals surface area (Å²) in [6.45, 7) is 0. The highest BCUT2D eigenvalue weighted by Crippen LogP contribution is 2.20. The van der Waals surface area contributed by atoms with Gasteiger partial charge in [0.05, 0.1) is 5.69 Å². The summed E-state index contributed by atoms with van der Waals surface area (Å²) < 4.78 is 0. The molecule has 1 aromatic rings. The molecule has 0 spiro atoms. The number of carbonyl (C=O) groups excluding carboxylic acids is 1. The Morgan fingerprint density at radius 1 is 1.57 bits per heavy atom. The molecular weight excluding hydrogens is 202 g/mol. The van der Waals surface area contributed by atoms with Crippen LogP contribution in [0.2, 0.25) is 5.15 Å². The van der Waals surface area contributed by atoms with E-state index in [9.17, 15) is 4.79 Å². The molecule has 74 valence electrons. The summed E-state index contributed by atoms with van der Waals surface area (Å²) >= 11 is 5.77. The van der Waals surface area contributed by atoms with Gasteiger partial charge in [0, 0.05) is 12.2 Å². The molecule has 14 heavy (non-hydrogen) atoms. The average molecular weight is 212 g/mol. The predicted molar refractivity (Wildman–Crippen MR) is 54.4 cm³/mol. The second-order valence-electron chi connectivity index (χ2n) is 3.21. The number of urea groups is 1. The van der Waals surface area contributed by atoms with E-state index in [4.69, 9.17) is 11.6 Å². The summed E-state index contributed by atoms with van der Waals surface area (Å²) in [6, 6.07) is 3.55. The highest BCUT2D eigenvalue weighted by molar-refractivity contribution is 6.32. The van der Waals surface area contributed by atoms with Crippen molar-refractivity contribution in [3.8, 4) is 0 Å². The van der Waals surface area contributed by atoms with Crippen molar-refractivity contribution in [3.05, 3.63) is 23.5 Å². The van der Waals surface area contributed by atoms with Crippen LogP contribution in [0.15, 0.2) is 18.3 Å². The molecule has 1 saturated carbocycles. The zero-order chi connectivity index (χ0) is 9.97. The van der Waals surface area contributed by atoms with E-state index in [0.717, 1.165) is 12.8 Å². The van der Waals surface area contributed by atoms with E-state index in [-0.39, 0.29) is 6.03 Å². The molecule has 1 aliphatic rings. The predicted octanol–water partition coefficient (Wildman–Crippen LogP) is 2.02. The minimum atomic E-state index is -0.220. The third-order valence-corrected chi connectivity index (χ3v) is 2.22. The Balaban J connectivity index is 1.95. The monoisotopic (exact) mass is 211 g/mol. The number of halogens is 1. The maximum absolute atomic E-state index is 11.3. The van der Waals surface area contributed by atoms with Crippen molar-refractivity contribution in [2.45, 2.75) is 18.9 Å². The lowest BCUT2D eigenvalue weighted by Crippen LogP contribution is -2.30. The SMILES string of the molecule is O=C(Nc1cccnc1Cl)NC1CC1. The maximum atomic E-state index is 11.3. The standard InChI is InChI=1S/C9H10ClN3O/c10-8-7(2-1-5-11-8)13-9(14)12-6-3-4-6/h1-2,5-6H,3-4H2,(H2,12,13,14). The summed E-state index contributed by atoms with van der Waals surface area (Å²) in [7, 11) is 0. The van der Waals surface area contributed by atoms with Gasteiger partial charge in [0.1, 0.15) is 0 Å². The lowest BCUT2D eigenvalue weighted by atomic mass is 10.4. The number of amides is 2. The van der Waals surface area contributed by atoms with Crippen LogP contribution in [0.5, 0.6) is 0 Å². The van der Waals surface area contributed by atoms with Gasteiger partial charge in [0.2, 0.25) is 0 Å². The third kappa shape index (κ3) is 2.35. The minimum absolute atomic E-state index is 0.220. The molecule has 0 aliphatic heterocycles. The van der Waals surface area contributed by atoms with E-state index in [1.807, 2.05) is 0 Å². The van der Waals surface area contributed by atoms with Crippen molar-refractivity contribution in [3.63, 3.8) is 0 Å². The summed E-state index contributed by atoms with van der Waals surface area (Å²) in [6.07, 6.45) is 3.70. The van der Waals surface area contributed by atoms with Crippen LogP contribution in [0, 0.1) is 0 Å². The first-order valence-corrected chi connectivity index (χ1v) is 4.81. The van der Waals surface area contributed by atoms with Crippen LogP contribution < -0.4 is 10.6 Å². The molecule has 1 aromatic heterocycles. The van der Waals surface area contributed by atoms with E-state index < -0.39 is 0 Å². The number of rotatable bonds is 2. The van der Waals surface area contributed by atoms with Crippen molar-refractivity contribution < 1.29 is 4.79 Å². The van der Waals surface area contributed by atoms with E-state index in [0.29, 0.717) is 16.9 Å². The zero-order valence-electron chi connectivity index (χ0n) is 7.46. The molecule has 1 heterocycles. The van der Waals surface area contributed by atoms with Crippen molar-refractivity contribution >= 4 is 23.3 Å². The van der Waals surface area contributed by atoms with Crippen LogP contribution in [0.4, 0.5) is 10.5 Å². The highest BCUT2D eigenvalue weighted by Gasteiger charge is 2.23. The molecule has 1 fully saturated rings. The van der Waals surface area contributed by atoms with Gasteiger partial charge in [-0.05, 0) is 25.0 Å². The smallest absolute Gasteiger partial charge is 0.319 e. The lowest BCUT2D eigenvalue weighted by molar-refractivity contribution is 0.251. The Hall–Kier alpha value is -1.29. The van der Waals surface area contributed by atoms with Crippen LogP contribution in [-0.2, 0) is 0 Å². The Morgan fingerprint density at radius 3 is 3.00 bits per heavy atom. The Morgan fingerprint density at radius 2 is 2.36 bits per heavy atom.